The van der Waals surface area contributed by atoms with Crippen LogP contribution in [-0.2, 0) is 12.6 Å². The Kier molecular flexibility index (Phi) is 2.61. The quantitative estimate of drug-likeness (QED) is 0.492. The van der Waals surface area contributed by atoms with Crippen molar-refractivity contribution in [3.63, 3.8) is 0 Å². The van der Waals surface area contributed by atoms with Crippen LogP contribution in [0, 0.1) is 0 Å². The van der Waals surface area contributed by atoms with Crippen LogP contribution in [0.4, 0.5) is 0 Å². The lowest BCUT2D eigenvalue weighted by atomic mass is 9.91. The molecule has 0 saturated heterocycles. The molecule has 0 aliphatic rings. The molecule has 1 aromatic carbocycles. The highest BCUT2D eigenvalue weighted by Crippen LogP contribution is 2.03. The molecule has 0 radical (unpaired) electrons. The molecule has 0 heterocycles. The lowest BCUT2D eigenvalue weighted by Crippen LogP contribution is -1.87. The van der Waals surface area contributed by atoms with E-state index in [4.69, 9.17) is 0 Å². The van der Waals surface area contributed by atoms with Crippen LogP contribution in [0.3, 0.4) is 0 Å². The average molecular weight is 130 g/mol. The molecule has 0 bridgehead atoms. The van der Waals surface area contributed by atoms with E-state index in [1.807, 2.05) is 0 Å². The van der Waals surface area contributed by atoms with Crippen molar-refractivity contribution >= 4 is 15.7 Å². The van der Waals surface area contributed by atoms with E-state index in [1.165, 1.54) is 11.1 Å². The number of hydrogen-bond acceptors (Lipinski definition) is 0. The summed E-state index contributed by atoms with van der Waals surface area (Å²) in [6.45, 7) is 0. The highest BCUT2D eigenvalue weighted by atomic mass is 13.9. The van der Waals surface area contributed by atoms with E-state index in [0.29, 0.717) is 0 Å². The fraction of sp³-hybridized carbons (Fsp3) is 0.250. The molecule has 0 N–H and O–H groups in total. The van der Waals surface area contributed by atoms with Crippen molar-refractivity contribution in [1.29, 1.82) is 0 Å². The van der Waals surface area contributed by atoms with Crippen molar-refractivity contribution in [1.82, 2.24) is 0 Å². The van der Waals surface area contributed by atoms with E-state index in [9.17, 15) is 0 Å². The van der Waals surface area contributed by atoms with E-state index in [-0.39, 0.29) is 0 Å². The third-order valence-corrected chi connectivity index (χ3v) is 1.81. The van der Waals surface area contributed by atoms with Crippen LogP contribution in [-0.4, -0.2) is 15.7 Å². The third-order valence-electron chi connectivity index (χ3n) is 1.81. The zero-order valence-electron chi connectivity index (χ0n) is 6.72. The first-order chi connectivity index (χ1) is 4.86. The van der Waals surface area contributed by atoms with Gasteiger partial charge in [-0.2, -0.15) is 0 Å². The molecule has 0 aromatic heterocycles. The van der Waals surface area contributed by atoms with Crippen LogP contribution in [0.15, 0.2) is 24.3 Å². The first-order valence-electron chi connectivity index (χ1n) is 3.94. The zero-order chi connectivity index (χ0) is 7.40. The van der Waals surface area contributed by atoms with Gasteiger partial charge in [-0.25, -0.2) is 0 Å². The van der Waals surface area contributed by atoms with Gasteiger partial charge < -0.3 is 0 Å². The normalized spacial score (nSPS) is 9.60. The molecule has 1 rings (SSSR count). The predicted molar refractivity (Wildman–Crippen MR) is 50.9 cm³/mol. The van der Waals surface area contributed by atoms with Crippen molar-refractivity contribution in [3.8, 4) is 0 Å². The van der Waals surface area contributed by atoms with Crippen LogP contribution < -0.4 is 0 Å². The van der Waals surface area contributed by atoms with Crippen molar-refractivity contribution < 1.29 is 0 Å². The summed E-state index contributed by atoms with van der Waals surface area (Å²) >= 11 is 0. The largest absolute Gasteiger partial charge is 0.107 e. The van der Waals surface area contributed by atoms with E-state index in [0.717, 1.165) is 12.6 Å². The monoisotopic (exact) mass is 130 g/mol. The minimum Gasteiger partial charge on any atom is -0.0618 e. The van der Waals surface area contributed by atoms with Crippen molar-refractivity contribution in [2.24, 2.45) is 0 Å². The van der Waals surface area contributed by atoms with Crippen molar-refractivity contribution in [2.75, 3.05) is 0 Å². The average Bonchev–Trinajstić information content (AvgIpc) is 2.05. The summed E-state index contributed by atoms with van der Waals surface area (Å²) < 4.78 is 0. The van der Waals surface area contributed by atoms with Gasteiger partial charge in [-0.1, -0.05) is 48.0 Å². The molecule has 10 heavy (non-hydrogen) atoms. The minimum atomic E-state index is 1.15. The van der Waals surface area contributed by atoms with Gasteiger partial charge in [-0.15, -0.1) is 0 Å². The zero-order valence-corrected chi connectivity index (χ0v) is 6.72. The van der Waals surface area contributed by atoms with Crippen molar-refractivity contribution in [2.45, 2.75) is 12.6 Å². The predicted octanol–water partition coefficient (Wildman–Crippen LogP) is -0.0472. The first kappa shape index (κ1) is 7.46. The second-order valence-corrected chi connectivity index (χ2v) is 2.53. The van der Waals surface area contributed by atoms with Gasteiger partial charge in [0.1, 0.15) is 15.7 Å². The first-order valence-corrected chi connectivity index (χ1v) is 3.94. The van der Waals surface area contributed by atoms with E-state index < -0.39 is 0 Å². The lowest BCUT2D eigenvalue weighted by Gasteiger charge is -1.98. The summed E-state index contributed by atoms with van der Waals surface area (Å²) in [5, 5.41) is 0. The highest BCUT2D eigenvalue weighted by molar-refractivity contribution is 6.09. The Hall–Kier alpha value is -0.650. The highest BCUT2D eigenvalue weighted by Gasteiger charge is 1.89. The fourth-order valence-corrected chi connectivity index (χ4v) is 1.07. The molecular formula is C8H12B2. The van der Waals surface area contributed by atoms with Gasteiger partial charge in [-0.05, 0) is 0 Å². The molecule has 0 aliphatic heterocycles. The van der Waals surface area contributed by atoms with Gasteiger partial charge in [0.25, 0.3) is 0 Å². The van der Waals surface area contributed by atoms with Gasteiger partial charge in [0.05, 0.1) is 0 Å². The topological polar surface area (TPSA) is 0 Å². The summed E-state index contributed by atoms with van der Waals surface area (Å²) in [6.07, 6.45) is 2.29. The van der Waals surface area contributed by atoms with E-state index >= 15 is 0 Å². The molecule has 0 aliphatic carbocycles. The molecule has 50 valence electrons. The van der Waals surface area contributed by atoms with Gasteiger partial charge in [0.2, 0.25) is 0 Å². The van der Waals surface area contributed by atoms with E-state index in [1.54, 1.807) is 0 Å². The molecule has 0 atom stereocenters. The van der Waals surface area contributed by atoms with Crippen LogP contribution in [0.5, 0.6) is 0 Å². The Labute approximate surface area is 64.5 Å². The summed E-state index contributed by atoms with van der Waals surface area (Å²) in [7, 11) is 4.38. The summed E-state index contributed by atoms with van der Waals surface area (Å²) in [5.74, 6) is 0. The SMILES string of the molecule is BCc1cccc(CB)c1. The molecule has 2 heteroatoms. The summed E-state index contributed by atoms with van der Waals surface area (Å²) in [4.78, 5) is 0. The number of rotatable bonds is 2. The molecule has 0 fully saturated rings. The van der Waals surface area contributed by atoms with Gasteiger partial charge in [0, 0.05) is 0 Å². The van der Waals surface area contributed by atoms with E-state index in [2.05, 4.69) is 40.0 Å². The van der Waals surface area contributed by atoms with Gasteiger partial charge in [0.15, 0.2) is 0 Å². The second-order valence-electron chi connectivity index (χ2n) is 2.53. The van der Waals surface area contributed by atoms with Crippen LogP contribution in [0.25, 0.3) is 0 Å². The maximum atomic E-state index is 2.28. The molecule has 0 saturated carbocycles. The Balaban J connectivity index is 2.87. The van der Waals surface area contributed by atoms with Gasteiger partial charge >= 0.3 is 0 Å². The molecule has 0 nitrogen and oxygen atoms in total. The summed E-state index contributed by atoms with van der Waals surface area (Å²) in [5.41, 5.74) is 2.89. The maximum absolute atomic E-state index is 2.28. The molecule has 1 aromatic rings. The molecule has 0 spiro atoms. The fourth-order valence-electron chi connectivity index (χ4n) is 1.07. The summed E-state index contributed by atoms with van der Waals surface area (Å²) in [6, 6.07) is 8.77. The maximum Gasteiger partial charge on any atom is 0.107 e. The Bertz CT molecular complexity index is 189. The molecular weight excluding hydrogens is 118 g/mol. The standard InChI is InChI=1S/C8H12B2/c9-5-7-2-1-3-8(4-7)6-10/h1-4H,5-6,9-10H2. The molecule has 0 unspecified atom stereocenters. The Morgan fingerprint density at radius 1 is 1.00 bits per heavy atom. The minimum absolute atomic E-state index is 1.15. The Morgan fingerprint density at radius 3 is 1.90 bits per heavy atom. The molecule has 0 amide bonds. The Morgan fingerprint density at radius 2 is 1.50 bits per heavy atom. The number of hydrogen-bond donors (Lipinski definition) is 0. The van der Waals surface area contributed by atoms with Crippen molar-refractivity contribution in [3.05, 3.63) is 35.4 Å². The third kappa shape index (κ3) is 1.66. The van der Waals surface area contributed by atoms with Crippen LogP contribution in [0.2, 0.25) is 0 Å². The second kappa shape index (κ2) is 3.50. The van der Waals surface area contributed by atoms with Crippen LogP contribution >= 0.6 is 0 Å². The van der Waals surface area contributed by atoms with Crippen LogP contribution in [0.1, 0.15) is 11.1 Å². The lowest BCUT2D eigenvalue weighted by molar-refractivity contribution is 1.32. The van der Waals surface area contributed by atoms with Gasteiger partial charge in [-0.3, -0.25) is 0 Å². The smallest absolute Gasteiger partial charge is 0.0618 e. The number of benzene rings is 1.